The number of nitrogens with one attached hydrogen (secondary N) is 1. The van der Waals surface area contributed by atoms with Gasteiger partial charge in [-0.3, -0.25) is 4.98 Å². The zero-order valence-electron chi connectivity index (χ0n) is 8.08. The van der Waals surface area contributed by atoms with E-state index in [9.17, 15) is 18.0 Å². The van der Waals surface area contributed by atoms with Crippen molar-refractivity contribution in [3.63, 3.8) is 0 Å². The van der Waals surface area contributed by atoms with Crippen molar-refractivity contribution in [2.75, 3.05) is 0 Å². The second-order valence-electron chi connectivity index (χ2n) is 3.11. The molecule has 0 aliphatic rings. The first-order valence-electron chi connectivity index (χ1n) is 4.34. The normalized spacial score (nSPS) is 11.2. The molecule has 88 valence electrons. The predicted octanol–water partition coefficient (Wildman–Crippen LogP) is 1.95. The highest BCUT2D eigenvalue weighted by atomic mass is 19.4. The number of aromatic nitrogens is 1. The van der Waals surface area contributed by atoms with E-state index in [1.54, 1.807) is 0 Å². The van der Waals surface area contributed by atoms with Gasteiger partial charge in [0.2, 0.25) is 0 Å². The number of halogens is 3. The van der Waals surface area contributed by atoms with Crippen LogP contribution in [-0.2, 0) is 13.0 Å². The minimum absolute atomic E-state index is 0.0262. The fraction of sp³-hybridized carbons (Fsp3) is 0.333. The molecule has 2 N–H and O–H groups in total. The maximum atomic E-state index is 12.0. The second kappa shape index (κ2) is 4.82. The highest BCUT2D eigenvalue weighted by molar-refractivity contribution is 5.64. The number of nitrogens with zero attached hydrogens (tertiary/aromatic N) is 1. The molecule has 4 nitrogen and oxygen atoms in total. The lowest BCUT2D eigenvalue weighted by molar-refractivity contribution is -0.127. The highest BCUT2D eigenvalue weighted by Crippen LogP contribution is 2.20. The van der Waals surface area contributed by atoms with Gasteiger partial charge < -0.3 is 10.4 Å². The summed E-state index contributed by atoms with van der Waals surface area (Å²) in [7, 11) is 0. The molecule has 1 aromatic heterocycles. The minimum atomic E-state index is -4.26. The van der Waals surface area contributed by atoms with Crippen LogP contribution in [0.2, 0.25) is 0 Å². The summed E-state index contributed by atoms with van der Waals surface area (Å²) >= 11 is 0. The Balaban J connectivity index is 2.57. The van der Waals surface area contributed by atoms with Crippen LogP contribution >= 0.6 is 0 Å². The van der Waals surface area contributed by atoms with E-state index in [4.69, 9.17) is 5.11 Å². The maximum absolute atomic E-state index is 12.0. The fourth-order valence-electron chi connectivity index (χ4n) is 1.06. The Morgan fingerprint density at radius 2 is 2.12 bits per heavy atom. The Morgan fingerprint density at radius 3 is 2.56 bits per heavy atom. The molecule has 0 aromatic carbocycles. The average Bonchev–Trinajstić information content (AvgIpc) is 2.14. The van der Waals surface area contributed by atoms with E-state index in [-0.39, 0.29) is 12.1 Å². The van der Waals surface area contributed by atoms with Crippen LogP contribution in [0.15, 0.2) is 18.3 Å². The van der Waals surface area contributed by atoms with Crippen molar-refractivity contribution >= 4 is 6.09 Å². The molecule has 0 aliphatic heterocycles. The van der Waals surface area contributed by atoms with Crippen molar-refractivity contribution < 1.29 is 23.1 Å². The summed E-state index contributed by atoms with van der Waals surface area (Å²) in [6.45, 7) is -0.0262. The summed E-state index contributed by atoms with van der Waals surface area (Å²) in [4.78, 5) is 13.8. The first-order chi connectivity index (χ1) is 7.37. The van der Waals surface area contributed by atoms with Crippen LogP contribution in [0.1, 0.15) is 11.3 Å². The summed E-state index contributed by atoms with van der Waals surface area (Å²) < 4.78 is 35.9. The summed E-state index contributed by atoms with van der Waals surface area (Å²) in [6.07, 6.45) is -5.41. The predicted molar refractivity (Wildman–Crippen MR) is 48.9 cm³/mol. The van der Waals surface area contributed by atoms with Crippen LogP contribution in [0.4, 0.5) is 18.0 Å². The molecule has 1 amide bonds. The molecule has 0 bridgehead atoms. The Hall–Kier alpha value is -1.79. The van der Waals surface area contributed by atoms with Crippen LogP contribution < -0.4 is 5.32 Å². The van der Waals surface area contributed by atoms with Gasteiger partial charge in [-0.1, -0.05) is 6.07 Å². The number of carbonyl (C=O) groups is 1. The van der Waals surface area contributed by atoms with Crippen molar-refractivity contribution in [1.29, 1.82) is 0 Å². The van der Waals surface area contributed by atoms with E-state index < -0.39 is 18.7 Å². The Kier molecular flexibility index (Phi) is 3.70. The van der Waals surface area contributed by atoms with Crippen LogP contribution in [0.25, 0.3) is 0 Å². The monoisotopic (exact) mass is 234 g/mol. The standard InChI is InChI=1S/C9H9F3N2O2/c10-9(11,12)3-6-1-2-7(13-4-6)5-14-8(15)16/h1-2,4,14H,3,5H2,(H,15,16). The molecular weight excluding hydrogens is 225 g/mol. The van der Waals surface area contributed by atoms with Crippen molar-refractivity contribution in [1.82, 2.24) is 10.3 Å². The summed E-state index contributed by atoms with van der Waals surface area (Å²) in [5, 5.41) is 10.4. The zero-order chi connectivity index (χ0) is 12.2. The largest absolute Gasteiger partial charge is 0.465 e. The molecule has 1 aromatic rings. The number of rotatable bonds is 3. The Bertz CT molecular complexity index is 362. The molecule has 0 fully saturated rings. The smallest absolute Gasteiger partial charge is 0.404 e. The molecule has 0 saturated carbocycles. The number of pyridine rings is 1. The first kappa shape index (κ1) is 12.3. The number of hydrogen-bond donors (Lipinski definition) is 2. The molecule has 0 aliphatic carbocycles. The quantitative estimate of drug-likeness (QED) is 0.840. The molecule has 0 radical (unpaired) electrons. The molecule has 0 unspecified atom stereocenters. The van der Waals surface area contributed by atoms with Gasteiger partial charge in [0.1, 0.15) is 0 Å². The van der Waals surface area contributed by atoms with Gasteiger partial charge >= 0.3 is 12.3 Å². The minimum Gasteiger partial charge on any atom is -0.465 e. The molecule has 0 saturated heterocycles. The van der Waals surface area contributed by atoms with Crippen LogP contribution in [0.3, 0.4) is 0 Å². The van der Waals surface area contributed by atoms with Gasteiger partial charge in [-0.15, -0.1) is 0 Å². The molecular formula is C9H9F3N2O2. The van der Waals surface area contributed by atoms with Crippen molar-refractivity contribution in [2.24, 2.45) is 0 Å². The SMILES string of the molecule is O=C(O)NCc1ccc(CC(F)(F)F)cn1. The zero-order valence-corrected chi connectivity index (χ0v) is 8.08. The van der Waals surface area contributed by atoms with Crippen LogP contribution in [-0.4, -0.2) is 22.4 Å². The lowest BCUT2D eigenvalue weighted by atomic mass is 10.2. The van der Waals surface area contributed by atoms with E-state index in [0.29, 0.717) is 5.69 Å². The van der Waals surface area contributed by atoms with E-state index in [1.165, 1.54) is 12.1 Å². The number of amides is 1. The summed E-state index contributed by atoms with van der Waals surface area (Å²) in [6, 6.07) is 2.64. The number of carboxylic acid groups (broad SMARTS) is 1. The number of hydrogen-bond acceptors (Lipinski definition) is 2. The summed E-state index contributed by atoms with van der Waals surface area (Å²) in [5.41, 5.74) is 0.417. The average molecular weight is 234 g/mol. The van der Waals surface area contributed by atoms with Crippen molar-refractivity contribution in [3.05, 3.63) is 29.6 Å². The third kappa shape index (κ3) is 4.63. The highest BCUT2D eigenvalue weighted by Gasteiger charge is 2.27. The van der Waals surface area contributed by atoms with Gasteiger partial charge in [0, 0.05) is 6.20 Å². The lowest BCUT2D eigenvalue weighted by Gasteiger charge is -2.06. The van der Waals surface area contributed by atoms with E-state index in [0.717, 1.165) is 6.20 Å². The van der Waals surface area contributed by atoms with E-state index >= 15 is 0 Å². The van der Waals surface area contributed by atoms with Gasteiger partial charge in [0.15, 0.2) is 0 Å². The van der Waals surface area contributed by atoms with Gasteiger partial charge in [0.05, 0.1) is 18.7 Å². The van der Waals surface area contributed by atoms with Gasteiger partial charge in [0.25, 0.3) is 0 Å². The fourth-order valence-corrected chi connectivity index (χ4v) is 1.06. The second-order valence-corrected chi connectivity index (χ2v) is 3.11. The maximum Gasteiger partial charge on any atom is 0.404 e. The third-order valence-corrected chi connectivity index (χ3v) is 1.71. The van der Waals surface area contributed by atoms with Crippen molar-refractivity contribution in [2.45, 2.75) is 19.1 Å². The molecule has 0 spiro atoms. The van der Waals surface area contributed by atoms with Crippen molar-refractivity contribution in [3.8, 4) is 0 Å². The van der Waals surface area contributed by atoms with E-state index in [2.05, 4.69) is 10.3 Å². The molecule has 16 heavy (non-hydrogen) atoms. The van der Waals surface area contributed by atoms with E-state index in [1.807, 2.05) is 0 Å². The number of alkyl halides is 3. The molecule has 1 heterocycles. The van der Waals surface area contributed by atoms with Gasteiger partial charge in [-0.2, -0.15) is 13.2 Å². The Morgan fingerprint density at radius 1 is 1.44 bits per heavy atom. The molecule has 1 rings (SSSR count). The first-order valence-corrected chi connectivity index (χ1v) is 4.34. The Labute approximate surface area is 89.1 Å². The molecule has 0 atom stereocenters. The topological polar surface area (TPSA) is 62.2 Å². The van der Waals surface area contributed by atoms with Gasteiger partial charge in [-0.05, 0) is 11.6 Å². The van der Waals surface area contributed by atoms with Gasteiger partial charge in [-0.25, -0.2) is 4.79 Å². The molecule has 7 heteroatoms. The summed E-state index contributed by atoms with van der Waals surface area (Å²) in [5.74, 6) is 0. The van der Waals surface area contributed by atoms with Crippen LogP contribution in [0, 0.1) is 0 Å². The van der Waals surface area contributed by atoms with Crippen LogP contribution in [0.5, 0.6) is 0 Å². The third-order valence-electron chi connectivity index (χ3n) is 1.71. The lowest BCUT2D eigenvalue weighted by Crippen LogP contribution is -2.20.